The summed E-state index contributed by atoms with van der Waals surface area (Å²) in [6.07, 6.45) is 0. The summed E-state index contributed by atoms with van der Waals surface area (Å²) in [4.78, 5) is 2.58. The largest absolute Gasteiger partial charge is 0.379 e. The van der Waals surface area contributed by atoms with Crippen LogP contribution in [-0.4, -0.2) is 43.8 Å². The van der Waals surface area contributed by atoms with Gasteiger partial charge in [0.15, 0.2) is 0 Å². The Morgan fingerprint density at radius 1 is 1.05 bits per heavy atom. The van der Waals surface area contributed by atoms with Crippen molar-refractivity contribution in [3.8, 4) is 0 Å². The van der Waals surface area contributed by atoms with Crippen LogP contribution in [0.15, 0.2) is 12.1 Å². The lowest BCUT2D eigenvalue weighted by atomic mass is 9.99. The number of morpholine rings is 1. The first-order valence-electron chi connectivity index (χ1n) is 8.58. The van der Waals surface area contributed by atoms with Gasteiger partial charge in [-0.1, -0.05) is 26.0 Å². The van der Waals surface area contributed by atoms with Crippen molar-refractivity contribution in [2.75, 3.05) is 32.8 Å². The fourth-order valence-corrected chi connectivity index (χ4v) is 3.26. The lowest BCUT2D eigenvalue weighted by Gasteiger charge is -2.37. The quantitative estimate of drug-likeness (QED) is 0.874. The fraction of sp³-hybridized carbons (Fsp3) is 0.684. The number of nitrogens with one attached hydrogen (secondary N) is 1. The van der Waals surface area contributed by atoms with Crippen LogP contribution >= 0.6 is 0 Å². The third-order valence-corrected chi connectivity index (χ3v) is 4.91. The van der Waals surface area contributed by atoms with Crippen molar-refractivity contribution >= 4 is 0 Å². The molecule has 3 heteroatoms. The van der Waals surface area contributed by atoms with E-state index in [0.717, 1.165) is 39.4 Å². The Balaban J connectivity index is 1.91. The average molecular weight is 304 g/mol. The van der Waals surface area contributed by atoms with Crippen molar-refractivity contribution in [1.29, 1.82) is 0 Å². The van der Waals surface area contributed by atoms with Gasteiger partial charge in [0.2, 0.25) is 0 Å². The highest BCUT2D eigenvalue weighted by Gasteiger charge is 2.23. The highest BCUT2D eigenvalue weighted by Crippen LogP contribution is 2.16. The van der Waals surface area contributed by atoms with Gasteiger partial charge >= 0.3 is 0 Å². The van der Waals surface area contributed by atoms with Gasteiger partial charge in [-0.2, -0.15) is 0 Å². The van der Waals surface area contributed by atoms with Crippen LogP contribution in [0.4, 0.5) is 0 Å². The molecule has 1 heterocycles. The molecule has 1 aromatic carbocycles. The van der Waals surface area contributed by atoms with Crippen LogP contribution in [0.25, 0.3) is 0 Å². The van der Waals surface area contributed by atoms with Gasteiger partial charge in [0.1, 0.15) is 0 Å². The van der Waals surface area contributed by atoms with E-state index in [2.05, 4.69) is 57.0 Å². The fourth-order valence-electron chi connectivity index (χ4n) is 3.26. The number of hydrogen-bond acceptors (Lipinski definition) is 3. The minimum absolute atomic E-state index is 0.593. The van der Waals surface area contributed by atoms with E-state index in [1.54, 1.807) is 0 Å². The van der Waals surface area contributed by atoms with Crippen molar-refractivity contribution < 1.29 is 4.74 Å². The summed E-state index contributed by atoms with van der Waals surface area (Å²) in [5, 5.41) is 3.69. The van der Waals surface area contributed by atoms with Gasteiger partial charge in [-0.25, -0.2) is 0 Å². The van der Waals surface area contributed by atoms with Crippen molar-refractivity contribution in [2.45, 2.75) is 47.2 Å². The summed E-state index contributed by atoms with van der Waals surface area (Å²) in [6.45, 7) is 17.1. The highest BCUT2D eigenvalue weighted by atomic mass is 16.5. The minimum atomic E-state index is 0.593. The van der Waals surface area contributed by atoms with Crippen LogP contribution in [0.3, 0.4) is 0 Å². The highest BCUT2D eigenvalue weighted by molar-refractivity contribution is 5.36. The number of nitrogens with zero attached hydrogens (tertiary/aromatic N) is 1. The number of benzene rings is 1. The lowest BCUT2D eigenvalue weighted by molar-refractivity contribution is 0.00647. The van der Waals surface area contributed by atoms with Crippen LogP contribution in [0, 0.1) is 26.7 Å². The number of hydrogen-bond donors (Lipinski definition) is 1. The molecule has 1 aliphatic rings. The summed E-state index contributed by atoms with van der Waals surface area (Å²) in [5.41, 5.74) is 5.58. The Hall–Kier alpha value is -0.900. The second kappa shape index (κ2) is 8.09. The zero-order valence-corrected chi connectivity index (χ0v) is 14.9. The molecule has 1 saturated heterocycles. The summed E-state index contributed by atoms with van der Waals surface area (Å²) in [7, 11) is 0. The van der Waals surface area contributed by atoms with E-state index in [0.29, 0.717) is 12.0 Å². The Bertz CT molecular complexity index is 479. The van der Waals surface area contributed by atoms with E-state index in [1.807, 2.05) is 0 Å². The van der Waals surface area contributed by atoms with Crippen molar-refractivity contribution in [3.63, 3.8) is 0 Å². The second-order valence-electron chi connectivity index (χ2n) is 6.95. The molecule has 0 radical (unpaired) electrons. The molecule has 0 aliphatic carbocycles. The Labute approximate surface area is 136 Å². The van der Waals surface area contributed by atoms with E-state index < -0.39 is 0 Å². The van der Waals surface area contributed by atoms with E-state index >= 15 is 0 Å². The van der Waals surface area contributed by atoms with Crippen molar-refractivity contribution in [1.82, 2.24) is 10.2 Å². The SMILES string of the molecule is Cc1cc(C)c(CNCC(C(C)C)N2CCOCC2)cc1C. The Morgan fingerprint density at radius 3 is 2.32 bits per heavy atom. The van der Waals surface area contributed by atoms with Gasteiger partial charge in [0.25, 0.3) is 0 Å². The standard InChI is InChI=1S/C19H32N2O/c1-14(2)19(21-6-8-22-9-7-21)13-20-12-18-11-16(4)15(3)10-17(18)5/h10-11,14,19-20H,6-9,12-13H2,1-5H3. The molecule has 2 rings (SSSR count). The van der Waals surface area contributed by atoms with Crippen molar-refractivity contribution in [3.05, 3.63) is 34.4 Å². The van der Waals surface area contributed by atoms with Crippen LogP contribution in [0.2, 0.25) is 0 Å². The zero-order valence-electron chi connectivity index (χ0n) is 14.9. The van der Waals surface area contributed by atoms with Gasteiger partial charge in [-0.15, -0.1) is 0 Å². The summed E-state index contributed by atoms with van der Waals surface area (Å²) in [5.74, 6) is 0.659. The molecule has 0 bridgehead atoms. The average Bonchev–Trinajstić information content (AvgIpc) is 2.49. The van der Waals surface area contributed by atoms with Crippen LogP contribution < -0.4 is 5.32 Å². The molecule has 22 heavy (non-hydrogen) atoms. The monoisotopic (exact) mass is 304 g/mol. The molecule has 1 unspecified atom stereocenters. The molecule has 0 amide bonds. The van der Waals surface area contributed by atoms with Crippen LogP contribution in [-0.2, 0) is 11.3 Å². The maximum Gasteiger partial charge on any atom is 0.0594 e. The van der Waals surface area contributed by atoms with E-state index in [-0.39, 0.29) is 0 Å². The van der Waals surface area contributed by atoms with Gasteiger partial charge in [0.05, 0.1) is 13.2 Å². The minimum Gasteiger partial charge on any atom is -0.379 e. The Kier molecular flexibility index (Phi) is 6.42. The third kappa shape index (κ3) is 4.55. The first-order chi connectivity index (χ1) is 10.5. The predicted octanol–water partition coefficient (Wildman–Crippen LogP) is 3.06. The third-order valence-electron chi connectivity index (χ3n) is 4.91. The smallest absolute Gasteiger partial charge is 0.0594 e. The second-order valence-corrected chi connectivity index (χ2v) is 6.95. The van der Waals surface area contributed by atoms with E-state index in [9.17, 15) is 0 Å². The maximum atomic E-state index is 5.48. The van der Waals surface area contributed by atoms with E-state index in [1.165, 1.54) is 22.3 Å². The molecule has 1 N–H and O–H groups in total. The molecule has 0 aromatic heterocycles. The van der Waals surface area contributed by atoms with Gasteiger partial charge < -0.3 is 10.1 Å². The number of ether oxygens (including phenoxy) is 1. The molecule has 1 aliphatic heterocycles. The molecule has 1 atom stereocenters. The van der Waals surface area contributed by atoms with Gasteiger partial charge in [-0.05, 0) is 48.9 Å². The van der Waals surface area contributed by atoms with E-state index in [4.69, 9.17) is 4.74 Å². The molecule has 0 spiro atoms. The molecule has 1 fully saturated rings. The van der Waals surface area contributed by atoms with Gasteiger partial charge in [0, 0.05) is 32.2 Å². The first-order valence-corrected chi connectivity index (χ1v) is 8.58. The number of aryl methyl sites for hydroxylation is 3. The normalized spacial score (nSPS) is 17.9. The summed E-state index contributed by atoms with van der Waals surface area (Å²) >= 11 is 0. The molecule has 1 aromatic rings. The van der Waals surface area contributed by atoms with Crippen LogP contribution in [0.1, 0.15) is 36.1 Å². The number of rotatable bonds is 6. The summed E-state index contributed by atoms with van der Waals surface area (Å²) in [6, 6.07) is 5.22. The predicted molar refractivity (Wildman–Crippen MR) is 93.4 cm³/mol. The molecule has 3 nitrogen and oxygen atoms in total. The van der Waals surface area contributed by atoms with Gasteiger partial charge in [-0.3, -0.25) is 4.90 Å². The molecular formula is C19H32N2O. The lowest BCUT2D eigenvalue weighted by Crippen LogP contribution is -2.50. The first kappa shape index (κ1) is 17.5. The maximum absolute atomic E-state index is 5.48. The molecule has 124 valence electrons. The summed E-state index contributed by atoms with van der Waals surface area (Å²) < 4.78 is 5.48. The molecule has 0 saturated carbocycles. The Morgan fingerprint density at radius 2 is 1.68 bits per heavy atom. The van der Waals surface area contributed by atoms with Crippen LogP contribution in [0.5, 0.6) is 0 Å². The molecular weight excluding hydrogens is 272 g/mol. The topological polar surface area (TPSA) is 24.5 Å². The van der Waals surface area contributed by atoms with Crippen molar-refractivity contribution in [2.24, 2.45) is 5.92 Å². The zero-order chi connectivity index (χ0) is 16.1.